The molecule has 2 aromatic rings. The zero-order valence-electron chi connectivity index (χ0n) is 12.9. The smallest absolute Gasteiger partial charge is 0.119 e. The van der Waals surface area contributed by atoms with Crippen LogP contribution in [0.25, 0.3) is 0 Å². The summed E-state index contributed by atoms with van der Waals surface area (Å²) in [4.78, 5) is 0. The molecule has 0 aromatic heterocycles. The summed E-state index contributed by atoms with van der Waals surface area (Å²) in [6.07, 6.45) is 1.02. The Morgan fingerprint density at radius 2 is 1.77 bits per heavy atom. The Hall–Kier alpha value is -1.71. The lowest BCUT2D eigenvalue weighted by molar-refractivity contribution is 0.317. The van der Waals surface area contributed by atoms with E-state index in [4.69, 9.17) is 16.3 Å². The molecule has 0 radical (unpaired) electrons. The fraction of sp³-hybridized carbons (Fsp3) is 0.333. The average molecular weight is 319 g/mol. The normalized spacial score (nSPS) is 10.5. The summed E-state index contributed by atoms with van der Waals surface area (Å²) in [7, 11) is 0. The highest BCUT2D eigenvalue weighted by molar-refractivity contribution is 6.31. The van der Waals surface area contributed by atoms with Gasteiger partial charge in [-0.2, -0.15) is 0 Å². The van der Waals surface area contributed by atoms with Gasteiger partial charge in [0.2, 0.25) is 0 Å². The van der Waals surface area contributed by atoms with E-state index in [-0.39, 0.29) is 0 Å². The van der Waals surface area contributed by atoms with Gasteiger partial charge < -0.3 is 15.4 Å². The molecule has 0 amide bonds. The van der Waals surface area contributed by atoms with Crippen molar-refractivity contribution < 1.29 is 4.74 Å². The maximum absolute atomic E-state index is 6.12. The highest BCUT2D eigenvalue weighted by Gasteiger charge is 1.98. The van der Waals surface area contributed by atoms with Crippen LogP contribution in [-0.2, 0) is 6.54 Å². The van der Waals surface area contributed by atoms with E-state index in [1.54, 1.807) is 0 Å². The van der Waals surface area contributed by atoms with E-state index in [1.807, 2.05) is 48.5 Å². The van der Waals surface area contributed by atoms with Crippen LogP contribution in [0.1, 0.15) is 18.9 Å². The molecule has 0 aliphatic heterocycles. The molecule has 0 aliphatic carbocycles. The maximum Gasteiger partial charge on any atom is 0.119 e. The first kappa shape index (κ1) is 16.7. The molecule has 2 aromatic carbocycles. The minimum Gasteiger partial charge on any atom is -0.494 e. The minimum absolute atomic E-state index is 0.763. The van der Waals surface area contributed by atoms with Gasteiger partial charge in [-0.05, 0) is 42.3 Å². The molecule has 2 N–H and O–H groups in total. The van der Waals surface area contributed by atoms with Crippen LogP contribution in [0.5, 0.6) is 5.75 Å². The molecule has 0 heterocycles. The monoisotopic (exact) mass is 318 g/mol. The molecule has 0 fully saturated rings. The predicted octanol–water partition coefficient (Wildman–Crippen LogP) is 4.33. The molecule has 118 valence electrons. The Morgan fingerprint density at radius 1 is 1.00 bits per heavy atom. The van der Waals surface area contributed by atoms with Gasteiger partial charge in [0.1, 0.15) is 5.75 Å². The molecular weight excluding hydrogens is 296 g/mol. The zero-order chi connectivity index (χ0) is 15.6. The minimum atomic E-state index is 0.763. The van der Waals surface area contributed by atoms with Gasteiger partial charge >= 0.3 is 0 Å². The van der Waals surface area contributed by atoms with Crippen molar-refractivity contribution in [2.75, 3.05) is 25.0 Å². The standard InChI is InChI=1S/C18H23ClN2O/c1-2-13-22-17-9-7-16(8-10-17)21-12-11-20-14-15-5-3-4-6-18(15)19/h3-10,20-21H,2,11-14H2,1H3. The second-order valence-corrected chi connectivity index (χ2v) is 5.48. The Kier molecular flexibility index (Phi) is 7.07. The van der Waals surface area contributed by atoms with Crippen LogP contribution in [0, 0.1) is 0 Å². The molecule has 4 heteroatoms. The number of nitrogens with one attached hydrogen (secondary N) is 2. The highest BCUT2D eigenvalue weighted by Crippen LogP contribution is 2.16. The molecular formula is C18H23ClN2O. The third-order valence-electron chi connectivity index (χ3n) is 3.23. The van der Waals surface area contributed by atoms with E-state index in [0.717, 1.165) is 54.7 Å². The summed E-state index contributed by atoms with van der Waals surface area (Å²) >= 11 is 6.12. The van der Waals surface area contributed by atoms with E-state index < -0.39 is 0 Å². The van der Waals surface area contributed by atoms with Crippen LogP contribution in [0.15, 0.2) is 48.5 Å². The first-order valence-electron chi connectivity index (χ1n) is 7.70. The van der Waals surface area contributed by atoms with Crippen molar-refractivity contribution in [3.63, 3.8) is 0 Å². The molecule has 0 bridgehead atoms. The van der Waals surface area contributed by atoms with Gasteiger partial charge in [-0.3, -0.25) is 0 Å². The van der Waals surface area contributed by atoms with Crippen molar-refractivity contribution in [2.24, 2.45) is 0 Å². The largest absolute Gasteiger partial charge is 0.494 e. The molecule has 0 unspecified atom stereocenters. The molecule has 22 heavy (non-hydrogen) atoms. The van der Waals surface area contributed by atoms with Crippen molar-refractivity contribution in [2.45, 2.75) is 19.9 Å². The number of ether oxygens (including phenoxy) is 1. The number of hydrogen-bond acceptors (Lipinski definition) is 3. The summed E-state index contributed by atoms with van der Waals surface area (Å²) in [5.74, 6) is 0.921. The van der Waals surface area contributed by atoms with Gasteiger partial charge in [-0.15, -0.1) is 0 Å². The lowest BCUT2D eigenvalue weighted by Crippen LogP contribution is -2.21. The van der Waals surface area contributed by atoms with E-state index in [9.17, 15) is 0 Å². The number of halogens is 1. The summed E-state index contributed by atoms with van der Waals surface area (Å²) < 4.78 is 5.56. The predicted molar refractivity (Wildman–Crippen MR) is 93.9 cm³/mol. The van der Waals surface area contributed by atoms with Crippen molar-refractivity contribution in [3.8, 4) is 5.75 Å². The first-order valence-corrected chi connectivity index (χ1v) is 8.08. The topological polar surface area (TPSA) is 33.3 Å². The molecule has 0 aliphatic rings. The van der Waals surface area contributed by atoms with Gasteiger partial charge in [0, 0.05) is 30.3 Å². The lowest BCUT2D eigenvalue weighted by Gasteiger charge is -2.10. The molecule has 2 rings (SSSR count). The third-order valence-corrected chi connectivity index (χ3v) is 3.60. The summed E-state index contributed by atoms with van der Waals surface area (Å²) in [6, 6.07) is 16.0. The van der Waals surface area contributed by atoms with Crippen LogP contribution in [0.2, 0.25) is 5.02 Å². The van der Waals surface area contributed by atoms with Gasteiger partial charge in [0.25, 0.3) is 0 Å². The molecule has 0 spiro atoms. The number of benzene rings is 2. The summed E-state index contributed by atoms with van der Waals surface area (Å²) in [6.45, 7) is 5.38. The summed E-state index contributed by atoms with van der Waals surface area (Å²) in [5, 5.41) is 7.57. The maximum atomic E-state index is 6.12. The lowest BCUT2D eigenvalue weighted by atomic mass is 10.2. The van der Waals surface area contributed by atoms with Crippen LogP contribution >= 0.6 is 11.6 Å². The van der Waals surface area contributed by atoms with E-state index in [2.05, 4.69) is 17.6 Å². The second-order valence-electron chi connectivity index (χ2n) is 5.07. The number of anilines is 1. The summed E-state index contributed by atoms with van der Waals surface area (Å²) in [5.41, 5.74) is 2.23. The van der Waals surface area contributed by atoms with Crippen molar-refractivity contribution in [1.82, 2.24) is 5.32 Å². The van der Waals surface area contributed by atoms with Crippen LogP contribution < -0.4 is 15.4 Å². The van der Waals surface area contributed by atoms with Crippen molar-refractivity contribution in [1.29, 1.82) is 0 Å². The first-order chi connectivity index (χ1) is 10.8. The van der Waals surface area contributed by atoms with E-state index in [1.165, 1.54) is 0 Å². The zero-order valence-corrected chi connectivity index (χ0v) is 13.7. The van der Waals surface area contributed by atoms with Gasteiger partial charge in [0.15, 0.2) is 0 Å². The Labute approximate surface area is 137 Å². The number of hydrogen-bond donors (Lipinski definition) is 2. The van der Waals surface area contributed by atoms with Crippen LogP contribution in [-0.4, -0.2) is 19.7 Å². The van der Waals surface area contributed by atoms with Crippen molar-refractivity contribution >= 4 is 17.3 Å². The SMILES string of the molecule is CCCOc1ccc(NCCNCc2ccccc2Cl)cc1. The van der Waals surface area contributed by atoms with Gasteiger partial charge in [-0.25, -0.2) is 0 Å². The highest BCUT2D eigenvalue weighted by atomic mass is 35.5. The number of rotatable bonds is 9. The van der Waals surface area contributed by atoms with Crippen LogP contribution in [0.4, 0.5) is 5.69 Å². The quantitative estimate of drug-likeness (QED) is 0.675. The van der Waals surface area contributed by atoms with Gasteiger partial charge in [-0.1, -0.05) is 36.7 Å². The second kappa shape index (κ2) is 9.34. The Bertz CT molecular complexity index is 557. The molecule has 0 saturated heterocycles. The fourth-order valence-electron chi connectivity index (χ4n) is 2.05. The molecule has 3 nitrogen and oxygen atoms in total. The Balaban J connectivity index is 1.65. The van der Waals surface area contributed by atoms with Crippen molar-refractivity contribution in [3.05, 3.63) is 59.1 Å². The van der Waals surface area contributed by atoms with Crippen LogP contribution in [0.3, 0.4) is 0 Å². The Morgan fingerprint density at radius 3 is 2.50 bits per heavy atom. The molecule has 0 saturated carbocycles. The fourth-order valence-corrected chi connectivity index (χ4v) is 2.25. The van der Waals surface area contributed by atoms with Gasteiger partial charge in [0.05, 0.1) is 6.61 Å². The third kappa shape index (κ3) is 5.58. The average Bonchev–Trinajstić information content (AvgIpc) is 2.55. The van der Waals surface area contributed by atoms with E-state index in [0.29, 0.717) is 0 Å². The molecule has 0 atom stereocenters. The van der Waals surface area contributed by atoms with E-state index >= 15 is 0 Å².